The molecule has 0 amide bonds. The van der Waals surface area contributed by atoms with Crippen LogP contribution < -0.4 is 10.6 Å². The molecule has 2 aromatic rings. The predicted octanol–water partition coefficient (Wildman–Crippen LogP) is 0.253. The Morgan fingerprint density at radius 1 is 1.25 bits per heavy atom. The summed E-state index contributed by atoms with van der Waals surface area (Å²) in [6.45, 7) is 5.46. The number of aromatic nitrogens is 5. The summed E-state index contributed by atoms with van der Waals surface area (Å²) in [5.74, 6) is 1.17. The molecule has 2 atom stereocenters. The number of rotatable bonds is 2. The smallest absolute Gasteiger partial charge is 0.257 e. The molecule has 0 radical (unpaired) electrons. The molecule has 8 nitrogen and oxygen atoms in total. The number of morpholine rings is 1. The van der Waals surface area contributed by atoms with Crippen molar-refractivity contribution in [3.05, 3.63) is 18.5 Å². The zero-order valence-electron chi connectivity index (χ0n) is 11.5. The van der Waals surface area contributed by atoms with E-state index in [-0.39, 0.29) is 18.1 Å². The van der Waals surface area contributed by atoms with Gasteiger partial charge in [-0.1, -0.05) is 0 Å². The minimum Gasteiger partial charge on any atom is -0.375 e. The molecule has 3 rings (SSSR count). The van der Waals surface area contributed by atoms with Crippen molar-refractivity contribution < 1.29 is 4.74 Å². The second-order valence-corrected chi connectivity index (χ2v) is 4.89. The van der Waals surface area contributed by atoms with Gasteiger partial charge in [0, 0.05) is 18.9 Å². The maximum absolute atomic E-state index is 5.79. The van der Waals surface area contributed by atoms with Crippen LogP contribution in [-0.2, 0) is 4.74 Å². The van der Waals surface area contributed by atoms with Gasteiger partial charge in [-0.05, 0) is 19.9 Å². The van der Waals surface area contributed by atoms with E-state index in [9.17, 15) is 0 Å². The minimum atomic E-state index is 0.136. The van der Waals surface area contributed by atoms with Crippen LogP contribution in [-0.4, -0.2) is 50.0 Å². The lowest BCUT2D eigenvalue weighted by Gasteiger charge is -2.36. The molecule has 0 spiro atoms. The predicted molar refractivity (Wildman–Crippen MR) is 73.6 cm³/mol. The first kappa shape index (κ1) is 12.8. The molecule has 0 aliphatic carbocycles. The summed E-state index contributed by atoms with van der Waals surface area (Å²) in [5.41, 5.74) is 5.79. The van der Waals surface area contributed by atoms with Crippen molar-refractivity contribution in [3.63, 3.8) is 0 Å². The molecule has 2 N–H and O–H groups in total. The molecular formula is C12H17N7O. The fourth-order valence-electron chi connectivity index (χ4n) is 2.17. The number of nitrogens with two attached hydrogens (primary N) is 1. The number of nitrogens with zero attached hydrogens (tertiary/aromatic N) is 6. The molecule has 2 unspecified atom stereocenters. The lowest BCUT2D eigenvalue weighted by Crippen LogP contribution is -2.48. The van der Waals surface area contributed by atoms with Crippen LogP contribution >= 0.6 is 0 Å². The van der Waals surface area contributed by atoms with E-state index in [2.05, 4.69) is 31.9 Å². The lowest BCUT2D eigenvalue weighted by molar-refractivity contribution is 0.0337. The highest BCUT2D eigenvalue weighted by atomic mass is 16.5. The molecule has 1 aliphatic heterocycles. The van der Waals surface area contributed by atoms with Gasteiger partial charge in [0.15, 0.2) is 0 Å². The number of anilines is 2. The Labute approximate surface area is 116 Å². The lowest BCUT2D eigenvalue weighted by atomic mass is 10.2. The normalized spacial score (nSPS) is 23.0. The van der Waals surface area contributed by atoms with Crippen molar-refractivity contribution in [3.8, 4) is 5.95 Å². The largest absolute Gasteiger partial charge is 0.375 e. The highest BCUT2D eigenvalue weighted by Gasteiger charge is 2.26. The van der Waals surface area contributed by atoms with E-state index in [0.29, 0.717) is 18.5 Å². The molecule has 2 aromatic heterocycles. The van der Waals surface area contributed by atoms with Gasteiger partial charge in [-0.3, -0.25) is 0 Å². The molecule has 106 valence electrons. The molecule has 1 aliphatic rings. The Morgan fingerprint density at radius 3 is 2.80 bits per heavy atom. The third kappa shape index (κ3) is 2.42. The van der Waals surface area contributed by atoms with Gasteiger partial charge < -0.3 is 15.4 Å². The number of ether oxygens (including phenoxy) is 1. The summed E-state index contributed by atoms with van der Waals surface area (Å²) < 4.78 is 7.18. The molecule has 0 aromatic carbocycles. The summed E-state index contributed by atoms with van der Waals surface area (Å²) in [6, 6.07) is 2.00. The number of hydrogen-bond donors (Lipinski definition) is 1. The summed E-state index contributed by atoms with van der Waals surface area (Å²) in [5, 5.41) is 4.11. The van der Waals surface area contributed by atoms with E-state index in [4.69, 9.17) is 10.5 Å². The van der Waals surface area contributed by atoms with E-state index < -0.39 is 0 Å². The molecule has 0 bridgehead atoms. The number of nitrogen functional groups attached to an aromatic ring is 1. The quantitative estimate of drug-likeness (QED) is 0.839. The van der Waals surface area contributed by atoms with Crippen LogP contribution in [0.15, 0.2) is 18.5 Å². The second-order valence-electron chi connectivity index (χ2n) is 4.89. The van der Waals surface area contributed by atoms with Crippen LogP contribution in [0.3, 0.4) is 0 Å². The fourth-order valence-corrected chi connectivity index (χ4v) is 2.17. The first-order valence-corrected chi connectivity index (χ1v) is 6.53. The first-order chi connectivity index (χ1) is 9.63. The maximum Gasteiger partial charge on any atom is 0.257 e. The van der Waals surface area contributed by atoms with Gasteiger partial charge in [0.05, 0.1) is 18.8 Å². The van der Waals surface area contributed by atoms with Gasteiger partial charge in [-0.25, -0.2) is 4.68 Å². The standard InChI is InChI=1S/C12H17N7O/c1-8-7-20-9(2)6-18(8)11-15-10(13)16-12(17-11)19-5-3-4-14-19/h3-5,8-9H,6-7H2,1-2H3,(H2,13,15,16,17). The van der Waals surface area contributed by atoms with Crippen LogP contribution in [0.1, 0.15) is 13.8 Å². The van der Waals surface area contributed by atoms with Gasteiger partial charge >= 0.3 is 0 Å². The maximum atomic E-state index is 5.79. The summed E-state index contributed by atoms with van der Waals surface area (Å²) in [6.07, 6.45) is 3.57. The highest BCUT2D eigenvalue weighted by Crippen LogP contribution is 2.19. The fraction of sp³-hybridized carbons (Fsp3) is 0.500. The Bertz CT molecular complexity index is 585. The topological polar surface area (TPSA) is 95.0 Å². The van der Waals surface area contributed by atoms with Crippen LogP contribution in [0.4, 0.5) is 11.9 Å². The SMILES string of the molecule is CC1CN(c2nc(N)nc(-n3cccn3)n2)C(C)CO1. The Morgan fingerprint density at radius 2 is 2.05 bits per heavy atom. The molecule has 1 fully saturated rings. The summed E-state index contributed by atoms with van der Waals surface area (Å²) in [7, 11) is 0. The Kier molecular flexibility index (Phi) is 3.23. The van der Waals surface area contributed by atoms with Crippen LogP contribution in [0.5, 0.6) is 0 Å². The second kappa shape index (κ2) is 5.04. The van der Waals surface area contributed by atoms with Crippen molar-refractivity contribution >= 4 is 11.9 Å². The number of hydrogen-bond acceptors (Lipinski definition) is 7. The van der Waals surface area contributed by atoms with Crippen molar-refractivity contribution in [1.29, 1.82) is 0 Å². The van der Waals surface area contributed by atoms with E-state index in [1.165, 1.54) is 0 Å². The van der Waals surface area contributed by atoms with Gasteiger partial charge in [-0.15, -0.1) is 0 Å². The monoisotopic (exact) mass is 275 g/mol. The van der Waals surface area contributed by atoms with Crippen LogP contribution in [0, 0.1) is 0 Å². The average molecular weight is 275 g/mol. The van der Waals surface area contributed by atoms with Crippen LogP contribution in [0.2, 0.25) is 0 Å². The third-order valence-corrected chi connectivity index (χ3v) is 3.20. The highest BCUT2D eigenvalue weighted by molar-refractivity contribution is 5.39. The molecule has 1 saturated heterocycles. The van der Waals surface area contributed by atoms with Gasteiger partial charge in [-0.2, -0.15) is 20.1 Å². The molecule has 3 heterocycles. The van der Waals surface area contributed by atoms with E-state index in [1.54, 1.807) is 23.1 Å². The first-order valence-electron chi connectivity index (χ1n) is 6.53. The molecule has 0 saturated carbocycles. The minimum absolute atomic E-state index is 0.136. The molecule has 20 heavy (non-hydrogen) atoms. The Balaban J connectivity index is 1.97. The van der Waals surface area contributed by atoms with Gasteiger partial charge in [0.25, 0.3) is 5.95 Å². The summed E-state index contributed by atoms with van der Waals surface area (Å²) >= 11 is 0. The van der Waals surface area contributed by atoms with Crippen molar-refractivity contribution in [2.24, 2.45) is 0 Å². The summed E-state index contributed by atoms with van der Waals surface area (Å²) in [4.78, 5) is 14.9. The van der Waals surface area contributed by atoms with Gasteiger partial charge in [0.1, 0.15) is 0 Å². The third-order valence-electron chi connectivity index (χ3n) is 3.20. The average Bonchev–Trinajstić information content (AvgIpc) is 2.95. The Hall–Kier alpha value is -2.22. The molecule has 8 heteroatoms. The van der Waals surface area contributed by atoms with Crippen LogP contribution in [0.25, 0.3) is 5.95 Å². The van der Waals surface area contributed by atoms with Crippen molar-refractivity contribution in [2.75, 3.05) is 23.8 Å². The van der Waals surface area contributed by atoms with E-state index in [1.807, 2.05) is 6.92 Å². The molecular weight excluding hydrogens is 258 g/mol. The van der Waals surface area contributed by atoms with Crippen molar-refractivity contribution in [2.45, 2.75) is 26.0 Å². The van der Waals surface area contributed by atoms with E-state index >= 15 is 0 Å². The van der Waals surface area contributed by atoms with Gasteiger partial charge in [0.2, 0.25) is 11.9 Å². The zero-order chi connectivity index (χ0) is 14.1. The zero-order valence-corrected chi connectivity index (χ0v) is 11.5. The van der Waals surface area contributed by atoms with E-state index in [0.717, 1.165) is 6.54 Å². The van der Waals surface area contributed by atoms with Crippen molar-refractivity contribution in [1.82, 2.24) is 24.7 Å².